The maximum Gasteiger partial charge on any atom is 0.231 e. The van der Waals surface area contributed by atoms with E-state index in [1.165, 1.54) is 6.08 Å². The average Bonchev–Trinajstić information content (AvgIpc) is 3.32. The number of ether oxygens (including phenoxy) is 1. The van der Waals surface area contributed by atoms with Crippen molar-refractivity contribution in [3.8, 4) is 6.07 Å². The summed E-state index contributed by atoms with van der Waals surface area (Å²) in [6, 6.07) is 1.78. The van der Waals surface area contributed by atoms with E-state index in [9.17, 15) is 9.65 Å². The van der Waals surface area contributed by atoms with E-state index in [0.717, 1.165) is 5.57 Å². The highest BCUT2D eigenvalue weighted by Crippen LogP contribution is 2.38. The van der Waals surface area contributed by atoms with E-state index in [-0.39, 0.29) is 24.0 Å². The van der Waals surface area contributed by atoms with Gasteiger partial charge in [0.2, 0.25) is 5.88 Å². The first-order valence-corrected chi connectivity index (χ1v) is 9.97. The molecule has 3 N–H and O–H groups in total. The van der Waals surface area contributed by atoms with Gasteiger partial charge in [-0.25, -0.2) is 14.4 Å². The van der Waals surface area contributed by atoms with E-state index in [1.54, 1.807) is 30.2 Å². The number of aliphatic imine (C=N–C) groups is 1. The Balaban J connectivity index is 1.72. The van der Waals surface area contributed by atoms with Crippen LogP contribution in [0.5, 0.6) is 0 Å². The Bertz CT molecular complexity index is 1220. The lowest BCUT2D eigenvalue weighted by Crippen LogP contribution is -2.35. The molecule has 3 aliphatic rings. The number of nitrogens with one attached hydrogen (secondary N) is 1. The molecule has 31 heavy (non-hydrogen) atoms. The van der Waals surface area contributed by atoms with E-state index in [0.29, 0.717) is 35.2 Å². The predicted molar refractivity (Wildman–Crippen MR) is 111 cm³/mol. The lowest BCUT2D eigenvalue weighted by molar-refractivity contribution is 0.0783. The van der Waals surface area contributed by atoms with E-state index >= 15 is 0 Å². The fourth-order valence-corrected chi connectivity index (χ4v) is 4.36. The number of aryl methyl sites for hydroxylation is 1. The smallest absolute Gasteiger partial charge is 0.231 e. The monoisotopic (exact) mass is 420 g/mol. The fourth-order valence-electron chi connectivity index (χ4n) is 4.36. The Kier molecular flexibility index (Phi) is 4.39. The van der Waals surface area contributed by atoms with Gasteiger partial charge in [0.25, 0.3) is 0 Å². The maximum absolute atomic E-state index is 14.2. The average molecular weight is 420 g/mol. The minimum Gasteiger partial charge on any atom is -0.473 e. The summed E-state index contributed by atoms with van der Waals surface area (Å²) >= 11 is 0. The highest BCUT2D eigenvalue weighted by atomic mass is 19.1. The van der Waals surface area contributed by atoms with Crippen molar-refractivity contribution < 1.29 is 9.13 Å². The first-order chi connectivity index (χ1) is 15.0. The highest BCUT2D eigenvalue weighted by molar-refractivity contribution is 5.72. The van der Waals surface area contributed by atoms with Gasteiger partial charge in [-0.1, -0.05) is 6.08 Å². The van der Waals surface area contributed by atoms with Crippen LogP contribution in [-0.4, -0.2) is 31.7 Å². The molecule has 4 heterocycles. The summed E-state index contributed by atoms with van der Waals surface area (Å²) in [5.41, 5.74) is 8.76. The van der Waals surface area contributed by atoms with Crippen molar-refractivity contribution in [3.05, 3.63) is 64.9 Å². The van der Waals surface area contributed by atoms with Crippen LogP contribution in [0.4, 0.5) is 4.39 Å². The number of fused-ring (bicyclic) bond motifs is 7. The van der Waals surface area contributed by atoms with Crippen LogP contribution in [-0.2, 0) is 18.3 Å². The fraction of sp³-hybridized carbons (Fsp3) is 0.333. The lowest BCUT2D eigenvalue weighted by atomic mass is 9.86. The quantitative estimate of drug-likeness (QED) is 0.673. The minimum atomic E-state index is -0.447. The van der Waals surface area contributed by atoms with Crippen molar-refractivity contribution in [2.24, 2.45) is 23.7 Å². The molecule has 5 rings (SSSR count). The zero-order valence-electron chi connectivity index (χ0n) is 17.1. The van der Waals surface area contributed by atoms with Gasteiger partial charge in [-0.15, -0.1) is 0 Å². The van der Waals surface area contributed by atoms with Crippen LogP contribution in [0, 0.1) is 17.2 Å². The number of nitrogens with two attached hydrogens (primary N) is 1. The molecule has 158 valence electrons. The van der Waals surface area contributed by atoms with Crippen molar-refractivity contribution in [1.82, 2.24) is 24.6 Å². The van der Waals surface area contributed by atoms with E-state index < -0.39 is 12.1 Å². The first kappa shape index (κ1) is 19.1. The Morgan fingerprint density at radius 1 is 1.39 bits per heavy atom. The summed E-state index contributed by atoms with van der Waals surface area (Å²) < 4.78 is 23.9. The number of nitrogens with zero attached hydrogens (tertiary/aromatic N) is 6. The zero-order chi connectivity index (χ0) is 21.7. The number of allylic oxidation sites excluding steroid dienone is 3. The number of halogens is 1. The van der Waals surface area contributed by atoms with Gasteiger partial charge in [0.15, 0.2) is 5.82 Å². The molecule has 2 aromatic rings. The summed E-state index contributed by atoms with van der Waals surface area (Å²) in [5.74, 6) is 0.734. The molecule has 2 bridgehead atoms. The molecule has 2 aromatic heterocycles. The van der Waals surface area contributed by atoms with E-state index in [4.69, 9.17) is 10.5 Å². The molecular formula is C21H21FN8O. The third-order valence-electron chi connectivity index (χ3n) is 5.88. The second-order valence-electron chi connectivity index (χ2n) is 7.81. The highest BCUT2D eigenvalue weighted by Gasteiger charge is 2.34. The van der Waals surface area contributed by atoms with Crippen LogP contribution in [0.2, 0.25) is 0 Å². The molecule has 3 atom stereocenters. The van der Waals surface area contributed by atoms with Crippen molar-refractivity contribution in [2.45, 2.75) is 32.0 Å². The number of hydrogen-bond donors (Lipinski definition) is 2. The standard InChI is InChI=1S/C21H21FN8O/c1-11-14-7-12(22)3-4-13(14)20-25-5-6-30(20)10-16-18(17(8-23)29(2)28-16)15-9-26-19(24)21(27-15)31-11/h3-6,9,11,14-15,27H,7,10,24H2,1-2H3. The SMILES string of the molecule is CC1OC2=C(N)N=CC(N2)c2c(nn(C)c2C#N)Cn2ccnc2C2=CC=C(F)CC21. The van der Waals surface area contributed by atoms with Gasteiger partial charge >= 0.3 is 0 Å². The first-order valence-electron chi connectivity index (χ1n) is 9.97. The summed E-state index contributed by atoms with van der Waals surface area (Å²) in [5, 5.41) is 17.6. The summed E-state index contributed by atoms with van der Waals surface area (Å²) in [4.78, 5) is 8.84. The lowest BCUT2D eigenvalue weighted by Gasteiger charge is -2.32. The second kappa shape index (κ2) is 7.12. The predicted octanol–water partition coefficient (Wildman–Crippen LogP) is 2.01. The van der Waals surface area contributed by atoms with Crippen molar-refractivity contribution in [2.75, 3.05) is 0 Å². The van der Waals surface area contributed by atoms with Gasteiger partial charge in [0.05, 0.1) is 18.3 Å². The molecule has 0 saturated heterocycles. The van der Waals surface area contributed by atoms with Gasteiger partial charge in [-0.05, 0) is 13.0 Å². The van der Waals surface area contributed by atoms with Crippen molar-refractivity contribution >= 4 is 11.8 Å². The summed E-state index contributed by atoms with van der Waals surface area (Å²) in [6.07, 6.45) is 8.22. The Morgan fingerprint density at radius 2 is 2.23 bits per heavy atom. The molecule has 0 amide bonds. The third-order valence-corrected chi connectivity index (χ3v) is 5.88. The third kappa shape index (κ3) is 3.09. The van der Waals surface area contributed by atoms with Gasteiger partial charge in [0, 0.05) is 49.1 Å². The second-order valence-corrected chi connectivity index (χ2v) is 7.81. The van der Waals surface area contributed by atoms with E-state index in [1.807, 2.05) is 17.7 Å². The van der Waals surface area contributed by atoms with Crippen LogP contribution >= 0.6 is 0 Å². The largest absolute Gasteiger partial charge is 0.473 e. The molecule has 0 saturated carbocycles. The van der Waals surface area contributed by atoms with Gasteiger partial charge in [-0.2, -0.15) is 10.4 Å². The van der Waals surface area contributed by atoms with Crippen LogP contribution < -0.4 is 11.1 Å². The van der Waals surface area contributed by atoms with E-state index in [2.05, 4.69) is 26.5 Å². The molecular weight excluding hydrogens is 399 g/mol. The van der Waals surface area contributed by atoms with Crippen molar-refractivity contribution in [3.63, 3.8) is 0 Å². The molecule has 2 aliphatic heterocycles. The number of aromatic nitrogens is 4. The van der Waals surface area contributed by atoms with Crippen LogP contribution in [0.3, 0.4) is 0 Å². The van der Waals surface area contributed by atoms with Crippen LogP contribution in [0.25, 0.3) is 5.57 Å². The molecule has 0 fully saturated rings. The zero-order valence-corrected chi connectivity index (χ0v) is 17.1. The summed E-state index contributed by atoms with van der Waals surface area (Å²) in [7, 11) is 1.73. The topological polar surface area (TPSA) is 119 Å². The summed E-state index contributed by atoms with van der Waals surface area (Å²) in [6.45, 7) is 2.27. The van der Waals surface area contributed by atoms with Gasteiger partial charge in [-0.3, -0.25) is 4.68 Å². The number of hydrogen-bond acceptors (Lipinski definition) is 7. The normalized spacial score (nSPS) is 24.8. The molecule has 9 nitrogen and oxygen atoms in total. The van der Waals surface area contributed by atoms with Gasteiger partial charge in [0.1, 0.15) is 29.5 Å². The number of nitriles is 1. The van der Waals surface area contributed by atoms with Crippen molar-refractivity contribution in [1.29, 1.82) is 5.26 Å². The maximum atomic E-state index is 14.2. The molecule has 0 spiro atoms. The van der Waals surface area contributed by atoms with Gasteiger partial charge < -0.3 is 20.4 Å². The molecule has 1 aliphatic carbocycles. The number of rotatable bonds is 0. The number of imidazole rings is 1. The Labute approximate surface area is 178 Å². The molecule has 3 unspecified atom stereocenters. The van der Waals surface area contributed by atoms with Crippen LogP contribution in [0.15, 0.2) is 47.1 Å². The minimum absolute atomic E-state index is 0.197. The molecule has 0 radical (unpaired) electrons. The molecule has 10 heteroatoms. The van der Waals surface area contributed by atoms with Crippen LogP contribution in [0.1, 0.15) is 42.2 Å². The molecule has 0 aromatic carbocycles. The Hall–Kier alpha value is -3.87. The Morgan fingerprint density at radius 3 is 3.03 bits per heavy atom.